The van der Waals surface area contributed by atoms with Crippen LogP contribution in [0.5, 0.6) is 0 Å². The van der Waals surface area contributed by atoms with Crippen molar-refractivity contribution < 1.29 is 0 Å². The Kier molecular flexibility index (Phi) is 2.36. The quantitative estimate of drug-likeness (QED) is 0.571. The Hall–Kier alpha value is -0.222. The molecule has 0 saturated carbocycles. The van der Waals surface area contributed by atoms with E-state index in [1.165, 1.54) is 16.3 Å². The molecule has 1 heteroatoms. The molecule has 0 fully saturated rings. The predicted molar refractivity (Wildman–Crippen MR) is 43.4 cm³/mol. The molecule has 1 unspecified atom stereocenters. The molecule has 0 bridgehead atoms. The molecule has 1 rings (SSSR count). The van der Waals surface area contributed by atoms with Crippen LogP contribution in [0.25, 0.3) is 0 Å². The molecule has 0 N–H and O–H groups in total. The van der Waals surface area contributed by atoms with Crippen molar-refractivity contribution in [3.8, 4) is 0 Å². The number of aryl methyl sites for hydroxylation is 1. The molecular weight excluding hydrogens is 171 g/mol. The fourth-order valence-electron chi connectivity index (χ4n) is 0.839. The molecule has 1 aromatic carbocycles. The summed E-state index contributed by atoms with van der Waals surface area (Å²) in [5.41, 5.74) is 2.82. The summed E-state index contributed by atoms with van der Waals surface area (Å²) in [4.78, 5) is 0. The van der Waals surface area contributed by atoms with Crippen LogP contribution in [-0.2, 0) is 5.21 Å². The Morgan fingerprint density at radius 2 is 2.22 bits per heavy atom. The molecule has 0 nitrogen and oxygen atoms in total. The molecule has 0 aromatic heterocycles. The summed E-state index contributed by atoms with van der Waals surface area (Å²) in [6.45, 7) is 2.13. The average Bonchev–Trinajstić information content (AvgIpc) is 1.88. The summed E-state index contributed by atoms with van der Waals surface area (Å²) in [6, 6.07) is 8.66. The molecule has 48 valence electrons. The number of benzene rings is 1. The Morgan fingerprint density at radius 3 is 2.67 bits per heavy atom. The number of hydrogen-bond acceptors (Lipinski definition) is 0. The molecule has 1 atom stereocenters. The monoisotopic (exact) mass is 182 g/mol. The van der Waals surface area contributed by atoms with Gasteiger partial charge in [-0.15, -0.1) is 0 Å². The van der Waals surface area contributed by atoms with Crippen molar-refractivity contribution in [3.63, 3.8) is 0 Å². The molecule has 0 aliphatic carbocycles. The molecule has 1 aromatic rings. The van der Waals surface area contributed by atoms with Gasteiger partial charge in [-0.1, -0.05) is 0 Å². The summed E-state index contributed by atoms with van der Waals surface area (Å²) >= 11 is 1.77. The Morgan fingerprint density at radius 1 is 1.44 bits per heavy atom. The van der Waals surface area contributed by atoms with E-state index in [1.807, 2.05) is 0 Å². The van der Waals surface area contributed by atoms with Crippen LogP contribution in [0, 0.1) is 6.92 Å². The van der Waals surface area contributed by atoms with E-state index >= 15 is 0 Å². The van der Waals surface area contributed by atoms with Crippen LogP contribution in [0.15, 0.2) is 24.3 Å². The van der Waals surface area contributed by atoms with Gasteiger partial charge in [-0.05, 0) is 0 Å². The molecule has 0 spiro atoms. The fourth-order valence-corrected chi connectivity index (χ4v) is 1.37. The summed E-state index contributed by atoms with van der Waals surface area (Å²) in [6.07, 6.45) is 0. The van der Waals surface area contributed by atoms with Gasteiger partial charge >= 0.3 is 64.4 Å². The zero-order valence-electron chi connectivity index (χ0n) is 5.59. The van der Waals surface area contributed by atoms with E-state index in [9.17, 15) is 0 Å². The molecule has 0 radical (unpaired) electrons. The van der Waals surface area contributed by atoms with Crippen LogP contribution in [-0.4, -0.2) is 16.9 Å². The van der Waals surface area contributed by atoms with Gasteiger partial charge in [0.2, 0.25) is 0 Å². The van der Waals surface area contributed by atoms with Crippen molar-refractivity contribution >= 4 is 16.9 Å². The molecule has 0 aliphatic heterocycles. The van der Waals surface area contributed by atoms with E-state index in [2.05, 4.69) is 31.2 Å². The minimum absolute atomic E-state index is 1.20. The van der Waals surface area contributed by atoms with Crippen LogP contribution < -0.4 is 0 Å². The van der Waals surface area contributed by atoms with Crippen LogP contribution in [0.1, 0.15) is 11.1 Å². The van der Waals surface area contributed by atoms with Gasteiger partial charge in [0.25, 0.3) is 0 Å². The van der Waals surface area contributed by atoms with Gasteiger partial charge in [-0.3, -0.25) is 0 Å². The minimum atomic E-state index is 1.20. The summed E-state index contributed by atoms with van der Waals surface area (Å²) < 4.78 is 0. The molecule has 0 saturated heterocycles. The summed E-state index contributed by atoms with van der Waals surface area (Å²) in [5, 5.41) is 1.20. The van der Waals surface area contributed by atoms with Crippen LogP contribution in [0.3, 0.4) is 0 Å². The second-order valence-electron chi connectivity index (χ2n) is 2.19. The Bertz CT molecular complexity index is 194. The van der Waals surface area contributed by atoms with Crippen LogP contribution in [0.4, 0.5) is 0 Å². The topological polar surface area (TPSA) is 0 Å². The number of hydrogen-bond donors (Lipinski definition) is 0. The van der Waals surface area contributed by atoms with E-state index in [4.69, 9.17) is 0 Å². The van der Waals surface area contributed by atoms with Crippen molar-refractivity contribution in [2.75, 3.05) is 0 Å². The maximum absolute atomic E-state index is 2.24. The normalized spacial score (nSPS) is 9.56. The first-order valence-corrected chi connectivity index (χ1v) is 4.80. The third-order valence-corrected chi connectivity index (χ3v) is 2.31. The first kappa shape index (κ1) is 6.89. The first-order chi connectivity index (χ1) is 4.33. The second kappa shape index (κ2) is 3.08. The maximum atomic E-state index is 2.24. The standard InChI is InChI=1S/C8H11As/c1-7-3-2-4-8(5-7)6-9/h2-5H,6,9H2,1H3. The van der Waals surface area contributed by atoms with Gasteiger partial charge in [0, 0.05) is 0 Å². The Labute approximate surface area is 64.8 Å². The zero-order valence-corrected chi connectivity index (χ0v) is 8.02. The molecule has 0 heterocycles. The molecular formula is C8H11As. The van der Waals surface area contributed by atoms with Crippen molar-refractivity contribution in [1.82, 2.24) is 0 Å². The van der Waals surface area contributed by atoms with E-state index in [1.54, 1.807) is 16.9 Å². The van der Waals surface area contributed by atoms with E-state index in [-0.39, 0.29) is 0 Å². The van der Waals surface area contributed by atoms with Crippen molar-refractivity contribution in [3.05, 3.63) is 35.4 Å². The SMILES string of the molecule is Cc1cccc(C[AsH2])c1. The van der Waals surface area contributed by atoms with Gasteiger partial charge in [-0.2, -0.15) is 0 Å². The Balaban J connectivity index is 2.94. The van der Waals surface area contributed by atoms with Gasteiger partial charge in [-0.25, -0.2) is 0 Å². The van der Waals surface area contributed by atoms with Gasteiger partial charge in [0.15, 0.2) is 0 Å². The van der Waals surface area contributed by atoms with Crippen molar-refractivity contribution in [2.24, 2.45) is 0 Å². The molecule has 0 amide bonds. The van der Waals surface area contributed by atoms with E-state index < -0.39 is 0 Å². The van der Waals surface area contributed by atoms with Gasteiger partial charge in [0.05, 0.1) is 0 Å². The molecule has 9 heavy (non-hydrogen) atoms. The van der Waals surface area contributed by atoms with E-state index in [0.717, 1.165) is 0 Å². The van der Waals surface area contributed by atoms with Gasteiger partial charge in [0.1, 0.15) is 0 Å². The van der Waals surface area contributed by atoms with Crippen molar-refractivity contribution in [2.45, 2.75) is 12.1 Å². The third kappa shape index (κ3) is 1.87. The fraction of sp³-hybridized carbons (Fsp3) is 0.250. The summed E-state index contributed by atoms with van der Waals surface area (Å²) in [7, 11) is 0. The number of rotatable bonds is 1. The zero-order chi connectivity index (χ0) is 6.69. The molecule has 0 aliphatic rings. The van der Waals surface area contributed by atoms with Crippen molar-refractivity contribution in [1.29, 1.82) is 0 Å². The average molecular weight is 182 g/mol. The third-order valence-electron chi connectivity index (χ3n) is 1.32. The van der Waals surface area contributed by atoms with Crippen LogP contribution >= 0.6 is 0 Å². The first-order valence-electron chi connectivity index (χ1n) is 3.08. The van der Waals surface area contributed by atoms with Gasteiger partial charge < -0.3 is 0 Å². The van der Waals surface area contributed by atoms with E-state index in [0.29, 0.717) is 0 Å². The second-order valence-corrected chi connectivity index (χ2v) is 3.05. The van der Waals surface area contributed by atoms with Crippen LogP contribution in [0.2, 0.25) is 0 Å². The summed E-state index contributed by atoms with van der Waals surface area (Å²) in [5.74, 6) is 0. The predicted octanol–water partition coefficient (Wildman–Crippen LogP) is 1.13.